The third-order valence-corrected chi connectivity index (χ3v) is 7.61. The number of amides is 2. The van der Waals surface area contributed by atoms with Gasteiger partial charge in [0.1, 0.15) is 18.4 Å². The van der Waals surface area contributed by atoms with Gasteiger partial charge in [0.2, 0.25) is 21.8 Å². The SMILES string of the molecule is CC(C)(C)NC(=O)C(Cc1ccccc1)N(Cc1ccccc1F)C(=O)CN(c1cc(Cl)ccc1Cl)S(C)(=O)=O. The molecule has 0 bridgehead atoms. The molecule has 1 N–H and O–H groups in total. The first kappa shape index (κ1) is 31.4. The molecule has 0 radical (unpaired) electrons. The van der Waals surface area contributed by atoms with Gasteiger partial charge in [-0.2, -0.15) is 0 Å². The van der Waals surface area contributed by atoms with Crippen LogP contribution in [0.15, 0.2) is 72.8 Å². The van der Waals surface area contributed by atoms with E-state index in [0.29, 0.717) is 0 Å². The summed E-state index contributed by atoms with van der Waals surface area (Å²) < 4.78 is 41.4. The molecule has 0 saturated heterocycles. The molecule has 0 saturated carbocycles. The number of anilines is 1. The molecular formula is C29H32Cl2FN3O4S. The summed E-state index contributed by atoms with van der Waals surface area (Å²) >= 11 is 12.4. The minimum absolute atomic E-state index is 0.00890. The summed E-state index contributed by atoms with van der Waals surface area (Å²) in [5, 5.41) is 3.19. The number of rotatable bonds is 10. The van der Waals surface area contributed by atoms with Crippen molar-refractivity contribution in [3.8, 4) is 0 Å². The van der Waals surface area contributed by atoms with Crippen molar-refractivity contribution in [3.05, 3.63) is 99.8 Å². The Hall–Kier alpha value is -3.14. The highest BCUT2D eigenvalue weighted by molar-refractivity contribution is 7.92. The van der Waals surface area contributed by atoms with Crippen molar-refractivity contribution < 1.29 is 22.4 Å². The van der Waals surface area contributed by atoms with E-state index < -0.39 is 45.8 Å². The molecule has 1 atom stereocenters. The lowest BCUT2D eigenvalue weighted by Crippen LogP contribution is -2.56. The molecule has 0 aliphatic heterocycles. The monoisotopic (exact) mass is 607 g/mol. The Morgan fingerprint density at radius 1 is 0.975 bits per heavy atom. The zero-order valence-corrected chi connectivity index (χ0v) is 25.0. The minimum atomic E-state index is -4.03. The fourth-order valence-electron chi connectivity index (χ4n) is 4.09. The van der Waals surface area contributed by atoms with Crippen molar-refractivity contribution in [3.63, 3.8) is 0 Å². The Labute approximate surface area is 244 Å². The lowest BCUT2D eigenvalue weighted by Gasteiger charge is -2.35. The van der Waals surface area contributed by atoms with Crippen LogP contribution in [0.5, 0.6) is 0 Å². The number of hydrogen-bond acceptors (Lipinski definition) is 4. The number of hydrogen-bond donors (Lipinski definition) is 1. The summed E-state index contributed by atoms with van der Waals surface area (Å²) in [5.74, 6) is -1.75. The molecule has 0 heterocycles. The quantitative estimate of drug-likeness (QED) is 0.332. The second-order valence-corrected chi connectivity index (χ2v) is 13.2. The summed E-state index contributed by atoms with van der Waals surface area (Å²) in [5.41, 5.74) is 0.311. The van der Waals surface area contributed by atoms with E-state index in [1.165, 1.54) is 41.3 Å². The first-order chi connectivity index (χ1) is 18.7. The Balaban J connectivity index is 2.11. The lowest BCUT2D eigenvalue weighted by molar-refractivity contribution is -0.140. The van der Waals surface area contributed by atoms with Gasteiger partial charge >= 0.3 is 0 Å². The molecule has 2 amide bonds. The first-order valence-corrected chi connectivity index (χ1v) is 15.1. The molecule has 0 aliphatic carbocycles. The first-order valence-electron chi connectivity index (χ1n) is 12.5. The van der Waals surface area contributed by atoms with Gasteiger partial charge in [0, 0.05) is 29.1 Å². The molecule has 0 aliphatic rings. The van der Waals surface area contributed by atoms with Crippen LogP contribution in [0.4, 0.5) is 10.1 Å². The van der Waals surface area contributed by atoms with E-state index in [2.05, 4.69) is 5.32 Å². The van der Waals surface area contributed by atoms with Crippen LogP contribution in [0, 0.1) is 5.82 Å². The van der Waals surface area contributed by atoms with E-state index in [0.717, 1.165) is 16.1 Å². The zero-order chi connectivity index (χ0) is 29.7. The summed E-state index contributed by atoms with van der Waals surface area (Å²) in [6, 6.07) is 18.2. The van der Waals surface area contributed by atoms with Crippen LogP contribution in [-0.4, -0.2) is 49.5 Å². The van der Waals surface area contributed by atoms with Gasteiger partial charge in [0.05, 0.1) is 17.0 Å². The standard InChI is InChI=1S/C29H32Cl2FN3O4S/c1-29(2,3)33-28(37)26(16-20-10-6-5-7-11-20)34(18-21-12-8-9-13-24(21)32)27(36)19-35(40(4,38)39)25-17-22(30)14-15-23(25)31/h5-15,17,26H,16,18-19H2,1-4H3,(H,33,37). The van der Waals surface area contributed by atoms with Crippen LogP contribution in [0.1, 0.15) is 31.9 Å². The van der Waals surface area contributed by atoms with Gasteiger partial charge in [-0.05, 0) is 50.6 Å². The van der Waals surface area contributed by atoms with Crippen LogP contribution in [-0.2, 0) is 32.6 Å². The topological polar surface area (TPSA) is 86.8 Å². The molecule has 1 unspecified atom stereocenters. The fraction of sp³-hybridized carbons (Fsp3) is 0.310. The van der Waals surface area contributed by atoms with E-state index in [1.807, 2.05) is 30.3 Å². The van der Waals surface area contributed by atoms with E-state index in [4.69, 9.17) is 23.2 Å². The molecule has 0 spiro atoms. The molecule has 11 heteroatoms. The second kappa shape index (κ2) is 13.0. The van der Waals surface area contributed by atoms with Gasteiger partial charge in [0.25, 0.3) is 0 Å². The highest BCUT2D eigenvalue weighted by Crippen LogP contribution is 2.31. The average Bonchev–Trinajstić information content (AvgIpc) is 2.86. The van der Waals surface area contributed by atoms with E-state index >= 15 is 0 Å². The summed E-state index contributed by atoms with van der Waals surface area (Å²) in [6.07, 6.45) is 1.05. The normalized spacial score (nSPS) is 12.5. The van der Waals surface area contributed by atoms with Crippen molar-refractivity contribution in [1.82, 2.24) is 10.2 Å². The number of nitrogens with one attached hydrogen (secondary N) is 1. The molecule has 7 nitrogen and oxygen atoms in total. The predicted molar refractivity (Wildman–Crippen MR) is 157 cm³/mol. The summed E-state index contributed by atoms with van der Waals surface area (Å²) in [7, 11) is -4.03. The Kier molecular flexibility index (Phi) is 10.2. The smallest absolute Gasteiger partial charge is 0.244 e. The number of carbonyl (C=O) groups excluding carboxylic acids is 2. The molecule has 3 rings (SSSR count). The molecule has 214 valence electrons. The van der Waals surface area contributed by atoms with Crippen LogP contribution < -0.4 is 9.62 Å². The maximum Gasteiger partial charge on any atom is 0.244 e. The number of halogens is 3. The van der Waals surface area contributed by atoms with Crippen molar-refractivity contribution in [2.75, 3.05) is 17.1 Å². The van der Waals surface area contributed by atoms with E-state index in [9.17, 15) is 22.4 Å². The summed E-state index contributed by atoms with van der Waals surface area (Å²) in [4.78, 5) is 28.9. The molecule has 3 aromatic carbocycles. The van der Waals surface area contributed by atoms with Gasteiger partial charge in [-0.3, -0.25) is 13.9 Å². The molecular weight excluding hydrogens is 576 g/mol. The molecule has 3 aromatic rings. The highest BCUT2D eigenvalue weighted by atomic mass is 35.5. The second-order valence-electron chi connectivity index (χ2n) is 10.4. The van der Waals surface area contributed by atoms with Gasteiger partial charge in [0.15, 0.2) is 0 Å². The Bertz CT molecular complexity index is 1460. The molecule has 0 fully saturated rings. The van der Waals surface area contributed by atoms with Gasteiger partial charge in [-0.25, -0.2) is 12.8 Å². The van der Waals surface area contributed by atoms with Crippen molar-refractivity contribution in [2.24, 2.45) is 0 Å². The van der Waals surface area contributed by atoms with Crippen LogP contribution >= 0.6 is 23.2 Å². The maximum absolute atomic E-state index is 14.8. The molecule has 40 heavy (non-hydrogen) atoms. The highest BCUT2D eigenvalue weighted by Gasteiger charge is 2.35. The molecule has 0 aromatic heterocycles. The van der Waals surface area contributed by atoms with Gasteiger partial charge in [-0.15, -0.1) is 0 Å². The predicted octanol–water partition coefficient (Wildman–Crippen LogP) is 5.45. The van der Waals surface area contributed by atoms with E-state index in [-0.39, 0.29) is 34.3 Å². The maximum atomic E-state index is 14.8. The number of carbonyl (C=O) groups is 2. The third-order valence-electron chi connectivity index (χ3n) is 5.92. The Morgan fingerprint density at radius 3 is 2.20 bits per heavy atom. The number of benzene rings is 3. The van der Waals surface area contributed by atoms with Crippen LogP contribution in [0.25, 0.3) is 0 Å². The number of nitrogens with zero attached hydrogens (tertiary/aromatic N) is 2. The lowest BCUT2D eigenvalue weighted by atomic mass is 10.0. The minimum Gasteiger partial charge on any atom is -0.350 e. The van der Waals surface area contributed by atoms with Gasteiger partial charge in [-0.1, -0.05) is 71.7 Å². The van der Waals surface area contributed by atoms with E-state index in [1.54, 1.807) is 26.8 Å². The Morgan fingerprint density at radius 2 is 1.60 bits per heavy atom. The number of sulfonamides is 1. The van der Waals surface area contributed by atoms with Crippen molar-refractivity contribution in [1.29, 1.82) is 0 Å². The van der Waals surface area contributed by atoms with Crippen LogP contribution in [0.3, 0.4) is 0 Å². The van der Waals surface area contributed by atoms with Crippen molar-refractivity contribution in [2.45, 2.75) is 45.3 Å². The van der Waals surface area contributed by atoms with Crippen LogP contribution in [0.2, 0.25) is 10.0 Å². The zero-order valence-electron chi connectivity index (χ0n) is 22.7. The fourth-order valence-corrected chi connectivity index (χ4v) is 5.38. The van der Waals surface area contributed by atoms with Gasteiger partial charge < -0.3 is 10.2 Å². The summed E-state index contributed by atoms with van der Waals surface area (Å²) in [6.45, 7) is 4.45. The third kappa shape index (κ3) is 8.68. The largest absolute Gasteiger partial charge is 0.350 e. The average molecular weight is 609 g/mol. The van der Waals surface area contributed by atoms with Crippen molar-refractivity contribution >= 4 is 50.7 Å².